The lowest BCUT2D eigenvalue weighted by Crippen LogP contribution is -2.49. The highest BCUT2D eigenvalue weighted by Gasteiger charge is 2.22. The van der Waals surface area contributed by atoms with Crippen LogP contribution in [0.15, 0.2) is 18.2 Å². The van der Waals surface area contributed by atoms with Crippen molar-refractivity contribution < 1.29 is 14.3 Å². The average molecular weight is 333 g/mol. The zero-order chi connectivity index (χ0) is 17.5. The molecule has 0 saturated carbocycles. The molecule has 0 spiro atoms. The van der Waals surface area contributed by atoms with Crippen LogP contribution in [0.1, 0.15) is 24.5 Å². The summed E-state index contributed by atoms with van der Waals surface area (Å²) in [5.74, 6) is 0.0211. The fraction of sp³-hybridized carbons (Fsp3) is 0.556. The van der Waals surface area contributed by atoms with Gasteiger partial charge in [0.2, 0.25) is 5.91 Å². The summed E-state index contributed by atoms with van der Waals surface area (Å²) in [5, 5.41) is 2.96. The predicted octanol–water partition coefficient (Wildman–Crippen LogP) is 2.41. The van der Waals surface area contributed by atoms with E-state index in [2.05, 4.69) is 16.3 Å². The van der Waals surface area contributed by atoms with E-state index in [0.29, 0.717) is 32.7 Å². The summed E-state index contributed by atoms with van der Waals surface area (Å²) in [5.41, 5.74) is 3.13. The number of amides is 2. The van der Waals surface area contributed by atoms with Gasteiger partial charge in [-0.05, 0) is 44.0 Å². The zero-order valence-electron chi connectivity index (χ0n) is 14.8. The second-order valence-corrected chi connectivity index (χ2v) is 6.20. The molecule has 1 aliphatic rings. The van der Waals surface area contributed by atoms with E-state index in [1.165, 1.54) is 0 Å². The summed E-state index contributed by atoms with van der Waals surface area (Å²) in [6.07, 6.45) is 0.205. The number of carbonyl (C=O) groups excluding carboxylic acids is 2. The van der Waals surface area contributed by atoms with Crippen LogP contribution in [0.5, 0.6) is 0 Å². The van der Waals surface area contributed by atoms with Crippen LogP contribution < -0.4 is 5.32 Å². The smallest absolute Gasteiger partial charge is 0.409 e. The molecule has 1 heterocycles. The minimum absolute atomic E-state index is 0.0211. The highest BCUT2D eigenvalue weighted by molar-refractivity contribution is 5.91. The molecule has 1 saturated heterocycles. The van der Waals surface area contributed by atoms with Gasteiger partial charge in [-0.1, -0.05) is 6.07 Å². The molecule has 0 aliphatic carbocycles. The summed E-state index contributed by atoms with van der Waals surface area (Å²) >= 11 is 0. The fourth-order valence-corrected chi connectivity index (χ4v) is 2.90. The summed E-state index contributed by atoms with van der Waals surface area (Å²) in [6.45, 7) is 9.80. The molecule has 1 aromatic rings. The van der Waals surface area contributed by atoms with E-state index >= 15 is 0 Å². The minimum Gasteiger partial charge on any atom is -0.450 e. The molecule has 0 aromatic heterocycles. The molecule has 6 heteroatoms. The van der Waals surface area contributed by atoms with Crippen molar-refractivity contribution in [2.24, 2.45) is 0 Å². The maximum Gasteiger partial charge on any atom is 0.409 e. The molecule has 2 amide bonds. The van der Waals surface area contributed by atoms with Crippen molar-refractivity contribution in [2.45, 2.75) is 27.2 Å². The zero-order valence-corrected chi connectivity index (χ0v) is 14.8. The van der Waals surface area contributed by atoms with E-state index in [1.54, 1.807) is 4.90 Å². The Morgan fingerprint density at radius 2 is 1.71 bits per heavy atom. The van der Waals surface area contributed by atoms with Gasteiger partial charge in [0.15, 0.2) is 0 Å². The maximum atomic E-state index is 12.1. The van der Waals surface area contributed by atoms with Crippen LogP contribution in [0.3, 0.4) is 0 Å². The Balaban J connectivity index is 1.72. The number of hydrogen-bond donors (Lipinski definition) is 1. The van der Waals surface area contributed by atoms with E-state index in [4.69, 9.17) is 4.74 Å². The Morgan fingerprint density at radius 3 is 2.29 bits per heavy atom. The number of anilines is 1. The summed E-state index contributed by atoms with van der Waals surface area (Å²) in [4.78, 5) is 27.7. The highest BCUT2D eigenvalue weighted by Crippen LogP contribution is 2.14. The Bertz CT molecular complexity index is 561. The van der Waals surface area contributed by atoms with E-state index in [0.717, 1.165) is 29.9 Å². The van der Waals surface area contributed by atoms with E-state index in [1.807, 2.05) is 32.9 Å². The van der Waals surface area contributed by atoms with Crippen LogP contribution in [-0.2, 0) is 9.53 Å². The van der Waals surface area contributed by atoms with Gasteiger partial charge in [-0.15, -0.1) is 0 Å². The van der Waals surface area contributed by atoms with Crippen LogP contribution in [0, 0.1) is 13.8 Å². The number of nitrogens with zero attached hydrogens (tertiary/aromatic N) is 2. The molecule has 1 aliphatic heterocycles. The van der Waals surface area contributed by atoms with Crippen molar-refractivity contribution in [3.8, 4) is 0 Å². The summed E-state index contributed by atoms with van der Waals surface area (Å²) < 4.78 is 5.00. The molecule has 132 valence electrons. The molecular weight excluding hydrogens is 306 g/mol. The monoisotopic (exact) mass is 333 g/mol. The fourth-order valence-electron chi connectivity index (χ4n) is 2.90. The summed E-state index contributed by atoms with van der Waals surface area (Å²) in [6, 6.07) is 6.03. The van der Waals surface area contributed by atoms with Gasteiger partial charge in [0, 0.05) is 44.8 Å². The first-order valence-corrected chi connectivity index (χ1v) is 8.50. The van der Waals surface area contributed by atoms with Gasteiger partial charge in [-0.3, -0.25) is 9.69 Å². The molecule has 0 bridgehead atoms. The second kappa shape index (κ2) is 8.68. The van der Waals surface area contributed by atoms with Crippen LogP contribution in [0.25, 0.3) is 0 Å². The number of aryl methyl sites for hydroxylation is 2. The normalized spacial score (nSPS) is 15.2. The first-order valence-electron chi connectivity index (χ1n) is 8.50. The third kappa shape index (κ3) is 5.53. The lowest BCUT2D eigenvalue weighted by atomic mass is 10.1. The summed E-state index contributed by atoms with van der Waals surface area (Å²) in [7, 11) is 0. The lowest BCUT2D eigenvalue weighted by Gasteiger charge is -2.33. The predicted molar refractivity (Wildman–Crippen MR) is 94.2 cm³/mol. The quantitative estimate of drug-likeness (QED) is 0.899. The van der Waals surface area contributed by atoms with Gasteiger partial charge in [-0.2, -0.15) is 0 Å². The highest BCUT2D eigenvalue weighted by atomic mass is 16.6. The molecule has 1 aromatic carbocycles. The van der Waals surface area contributed by atoms with Gasteiger partial charge in [-0.25, -0.2) is 4.79 Å². The standard InChI is InChI=1S/C18H27N3O3/c1-4-24-18(23)21-9-7-20(8-10-21)6-5-17(22)19-16-12-14(2)11-15(3)13-16/h11-13H,4-10H2,1-3H3,(H,19,22). The van der Waals surface area contributed by atoms with E-state index in [9.17, 15) is 9.59 Å². The number of rotatable bonds is 5. The molecular formula is C18H27N3O3. The Hall–Kier alpha value is -2.08. The van der Waals surface area contributed by atoms with Crippen LogP contribution >= 0.6 is 0 Å². The molecule has 0 atom stereocenters. The number of carbonyl (C=O) groups is 2. The van der Waals surface area contributed by atoms with Gasteiger partial charge in [0.1, 0.15) is 0 Å². The third-order valence-electron chi connectivity index (χ3n) is 4.06. The van der Waals surface area contributed by atoms with Crippen molar-refractivity contribution >= 4 is 17.7 Å². The molecule has 0 radical (unpaired) electrons. The lowest BCUT2D eigenvalue weighted by molar-refractivity contribution is -0.116. The number of benzene rings is 1. The van der Waals surface area contributed by atoms with Crippen molar-refractivity contribution in [3.63, 3.8) is 0 Å². The second-order valence-electron chi connectivity index (χ2n) is 6.20. The molecule has 1 N–H and O–H groups in total. The molecule has 6 nitrogen and oxygen atoms in total. The van der Waals surface area contributed by atoms with Crippen molar-refractivity contribution in [3.05, 3.63) is 29.3 Å². The van der Waals surface area contributed by atoms with E-state index in [-0.39, 0.29) is 12.0 Å². The van der Waals surface area contributed by atoms with E-state index < -0.39 is 0 Å². The number of hydrogen-bond acceptors (Lipinski definition) is 4. The van der Waals surface area contributed by atoms with Crippen LogP contribution in [-0.4, -0.2) is 61.1 Å². The molecule has 2 rings (SSSR count). The minimum atomic E-state index is -0.246. The van der Waals surface area contributed by atoms with Gasteiger partial charge >= 0.3 is 6.09 Å². The largest absolute Gasteiger partial charge is 0.450 e. The van der Waals surface area contributed by atoms with Gasteiger partial charge in [0.25, 0.3) is 0 Å². The van der Waals surface area contributed by atoms with Crippen LogP contribution in [0.2, 0.25) is 0 Å². The van der Waals surface area contributed by atoms with Crippen LogP contribution in [0.4, 0.5) is 10.5 Å². The van der Waals surface area contributed by atoms with Gasteiger partial charge in [0.05, 0.1) is 6.61 Å². The van der Waals surface area contributed by atoms with Gasteiger partial charge < -0.3 is 15.0 Å². The van der Waals surface area contributed by atoms with Crippen molar-refractivity contribution in [1.82, 2.24) is 9.80 Å². The number of piperazine rings is 1. The van der Waals surface area contributed by atoms with Crippen molar-refractivity contribution in [2.75, 3.05) is 44.6 Å². The number of ether oxygens (including phenoxy) is 1. The first-order chi connectivity index (χ1) is 11.5. The average Bonchev–Trinajstić information content (AvgIpc) is 2.52. The Kier molecular flexibility index (Phi) is 6.61. The molecule has 24 heavy (non-hydrogen) atoms. The topological polar surface area (TPSA) is 61.9 Å². The first kappa shape index (κ1) is 18.3. The molecule has 1 fully saturated rings. The Morgan fingerprint density at radius 1 is 1.08 bits per heavy atom. The van der Waals surface area contributed by atoms with Crippen molar-refractivity contribution in [1.29, 1.82) is 0 Å². The molecule has 0 unspecified atom stereocenters. The maximum absolute atomic E-state index is 12.1. The number of nitrogens with one attached hydrogen (secondary N) is 1. The SMILES string of the molecule is CCOC(=O)N1CCN(CCC(=O)Nc2cc(C)cc(C)c2)CC1. The Labute approximate surface area is 143 Å². The third-order valence-corrected chi connectivity index (χ3v) is 4.06.